The Morgan fingerprint density at radius 1 is 0.333 bits per heavy atom. The summed E-state index contributed by atoms with van der Waals surface area (Å²) in [6.45, 7) is -0.0164. The molecule has 7 aromatic carbocycles. The van der Waals surface area contributed by atoms with Gasteiger partial charge >= 0.3 is 0 Å². The number of benzene rings is 7. The lowest BCUT2D eigenvalue weighted by Gasteiger charge is -2.21. The zero-order valence-corrected chi connectivity index (χ0v) is 24.2. The van der Waals surface area contributed by atoms with Crippen molar-refractivity contribution in [2.24, 2.45) is 0 Å². The quantitative estimate of drug-likeness (QED) is 0.194. The molecule has 9 aromatic rings. The second-order valence-electron chi connectivity index (χ2n) is 12.3. The van der Waals surface area contributed by atoms with Crippen molar-refractivity contribution in [3.63, 3.8) is 0 Å². The normalized spacial score (nSPS) is 12.8. The lowest BCUT2D eigenvalue weighted by atomic mass is 9.35. The van der Waals surface area contributed by atoms with Crippen molar-refractivity contribution in [3.05, 3.63) is 140 Å². The Kier molecular flexibility index (Phi) is 4.43. The van der Waals surface area contributed by atoms with Crippen LogP contribution in [0.5, 0.6) is 0 Å². The van der Waals surface area contributed by atoms with Crippen molar-refractivity contribution in [2.75, 3.05) is 0 Å². The van der Waals surface area contributed by atoms with E-state index in [1.165, 1.54) is 60.2 Å². The summed E-state index contributed by atoms with van der Waals surface area (Å²) >= 11 is 0. The van der Waals surface area contributed by atoms with Crippen LogP contribution in [-0.4, -0.2) is 6.71 Å². The van der Waals surface area contributed by atoms with E-state index < -0.39 is 0 Å². The Morgan fingerprint density at radius 3 is 1.27 bits per heavy atom. The first-order valence-corrected chi connectivity index (χ1v) is 15.6. The summed E-state index contributed by atoms with van der Waals surface area (Å²) in [6.07, 6.45) is 0. The molecule has 4 heterocycles. The van der Waals surface area contributed by atoms with Crippen molar-refractivity contribution < 1.29 is 8.83 Å². The maximum Gasteiger partial charge on any atom is 0.244 e. The van der Waals surface area contributed by atoms with Crippen LogP contribution in [0, 0.1) is 0 Å². The molecule has 0 fully saturated rings. The standard InChI is InChI=1S/C42H23BO2/c1-3-10-24(11-4-1)26-20-22-32-38-36-28(14-8-18-34(36)44-41(26)38)30-16-7-17-31-29-15-9-19-35-37(29)39-33(43(32)40(30)31)23-21-27(42(39)45-35)25-12-5-2-6-13-25/h1-23H. The molecule has 0 unspecified atom stereocenters. The fourth-order valence-corrected chi connectivity index (χ4v) is 8.34. The van der Waals surface area contributed by atoms with Gasteiger partial charge in [-0.2, -0.15) is 0 Å². The molecule has 3 heteroatoms. The molecule has 2 aliphatic rings. The minimum Gasteiger partial charge on any atom is -0.455 e. The van der Waals surface area contributed by atoms with Gasteiger partial charge in [-0.3, -0.25) is 0 Å². The predicted octanol–water partition coefficient (Wildman–Crippen LogP) is 9.30. The molecule has 0 N–H and O–H groups in total. The van der Waals surface area contributed by atoms with E-state index in [4.69, 9.17) is 8.83 Å². The Labute approximate surface area is 259 Å². The van der Waals surface area contributed by atoms with Crippen LogP contribution in [0.1, 0.15) is 0 Å². The smallest absolute Gasteiger partial charge is 0.244 e. The fourth-order valence-electron chi connectivity index (χ4n) is 8.34. The van der Waals surface area contributed by atoms with E-state index in [-0.39, 0.29) is 6.71 Å². The van der Waals surface area contributed by atoms with Crippen molar-refractivity contribution in [1.82, 2.24) is 0 Å². The highest BCUT2D eigenvalue weighted by Gasteiger charge is 2.39. The van der Waals surface area contributed by atoms with Gasteiger partial charge < -0.3 is 8.83 Å². The summed E-state index contributed by atoms with van der Waals surface area (Å²) in [7, 11) is 0. The lowest BCUT2D eigenvalue weighted by Crippen LogP contribution is -2.53. The molecule has 206 valence electrons. The largest absolute Gasteiger partial charge is 0.455 e. The van der Waals surface area contributed by atoms with Gasteiger partial charge in [-0.15, -0.1) is 0 Å². The topological polar surface area (TPSA) is 26.3 Å². The Balaban J connectivity index is 1.35. The highest BCUT2D eigenvalue weighted by atomic mass is 16.3. The van der Waals surface area contributed by atoms with Crippen molar-refractivity contribution in [1.29, 1.82) is 0 Å². The predicted molar refractivity (Wildman–Crippen MR) is 187 cm³/mol. The first-order chi connectivity index (χ1) is 22.3. The maximum atomic E-state index is 6.82. The molecule has 45 heavy (non-hydrogen) atoms. The molecule has 11 rings (SSSR count). The van der Waals surface area contributed by atoms with Crippen molar-refractivity contribution in [3.8, 4) is 44.5 Å². The highest BCUT2D eigenvalue weighted by molar-refractivity contribution is 7.00. The molecule has 0 spiro atoms. The molecule has 0 atom stereocenters. The molecule has 0 saturated heterocycles. The third kappa shape index (κ3) is 2.95. The molecule has 0 amide bonds. The van der Waals surface area contributed by atoms with Gasteiger partial charge in [0.15, 0.2) is 0 Å². The summed E-state index contributed by atoms with van der Waals surface area (Å²) in [5.41, 5.74) is 17.2. The van der Waals surface area contributed by atoms with Crippen LogP contribution in [0.4, 0.5) is 0 Å². The number of furan rings is 2. The van der Waals surface area contributed by atoms with Gasteiger partial charge in [0.05, 0.1) is 0 Å². The van der Waals surface area contributed by atoms with E-state index in [1.54, 1.807) is 0 Å². The molecular formula is C42H23BO2. The van der Waals surface area contributed by atoms with E-state index in [0.717, 1.165) is 44.6 Å². The van der Waals surface area contributed by atoms with Crippen LogP contribution < -0.4 is 16.4 Å². The van der Waals surface area contributed by atoms with Crippen LogP contribution >= 0.6 is 0 Å². The average Bonchev–Trinajstić information content (AvgIpc) is 3.62. The molecular weight excluding hydrogens is 547 g/mol. The minimum absolute atomic E-state index is 0.0164. The van der Waals surface area contributed by atoms with Gasteiger partial charge in [0.1, 0.15) is 22.3 Å². The maximum absolute atomic E-state index is 6.82. The average molecular weight is 570 g/mol. The molecule has 0 radical (unpaired) electrons. The number of fused-ring (bicyclic) bond motifs is 4. The Hall–Kier alpha value is -5.80. The van der Waals surface area contributed by atoms with Crippen LogP contribution in [0.15, 0.2) is 148 Å². The SMILES string of the molecule is c1ccc(-c2ccc3c4c2oc2cccc(c24)-c2cccc4c2B3c2ccc(-c3ccccc3)c3oc5cccc-4c5c23)cc1. The summed E-state index contributed by atoms with van der Waals surface area (Å²) in [4.78, 5) is 0. The third-order valence-electron chi connectivity index (χ3n) is 10.1. The highest BCUT2D eigenvalue weighted by Crippen LogP contribution is 2.45. The minimum atomic E-state index is -0.0164. The molecule has 2 aliphatic heterocycles. The first-order valence-electron chi connectivity index (χ1n) is 15.6. The van der Waals surface area contributed by atoms with Crippen LogP contribution in [0.2, 0.25) is 0 Å². The number of hydrogen-bond acceptors (Lipinski definition) is 2. The summed E-state index contributed by atoms with van der Waals surface area (Å²) in [6, 6.07) is 50.4. The zero-order chi connectivity index (χ0) is 29.2. The zero-order valence-electron chi connectivity index (χ0n) is 24.2. The lowest BCUT2D eigenvalue weighted by molar-refractivity contribution is 0.670. The van der Waals surface area contributed by atoms with E-state index in [2.05, 4.69) is 140 Å². The van der Waals surface area contributed by atoms with Crippen molar-refractivity contribution in [2.45, 2.75) is 0 Å². The second-order valence-corrected chi connectivity index (χ2v) is 12.3. The van der Waals surface area contributed by atoms with Crippen LogP contribution in [0.3, 0.4) is 0 Å². The molecule has 2 aromatic heterocycles. The second kappa shape index (κ2) is 8.43. The molecule has 0 bridgehead atoms. The van der Waals surface area contributed by atoms with E-state index >= 15 is 0 Å². The van der Waals surface area contributed by atoms with Crippen molar-refractivity contribution >= 4 is 67.0 Å². The van der Waals surface area contributed by atoms with E-state index in [9.17, 15) is 0 Å². The summed E-state index contributed by atoms with van der Waals surface area (Å²) < 4.78 is 13.6. The summed E-state index contributed by atoms with van der Waals surface area (Å²) in [5.74, 6) is 0. The van der Waals surface area contributed by atoms with E-state index in [0.29, 0.717) is 0 Å². The van der Waals surface area contributed by atoms with Gasteiger partial charge in [-0.25, -0.2) is 0 Å². The van der Waals surface area contributed by atoms with Crippen LogP contribution in [-0.2, 0) is 0 Å². The fraction of sp³-hybridized carbons (Fsp3) is 0. The van der Waals surface area contributed by atoms with Gasteiger partial charge in [0.25, 0.3) is 0 Å². The first kappa shape index (κ1) is 23.6. The number of rotatable bonds is 2. The monoisotopic (exact) mass is 570 g/mol. The summed E-state index contributed by atoms with van der Waals surface area (Å²) in [5, 5.41) is 4.81. The van der Waals surface area contributed by atoms with Gasteiger partial charge in [0, 0.05) is 32.7 Å². The third-order valence-corrected chi connectivity index (χ3v) is 10.1. The molecule has 2 nitrogen and oxygen atoms in total. The number of hydrogen-bond donors (Lipinski definition) is 0. The Morgan fingerprint density at radius 2 is 0.778 bits per heavy atom. The Bertz CT molecular complexity index is 2510. The van der Waals surface area contributed by atoms with Crippen LogP contribution in [0.25, 0.3) is 88.4 Å². The molecule has 0 saturated carbocycles. The van der Waals surface area contributed by atoms with Gasteiger partial charge in [-0.05, 0) is 45.5 Å². The van der Waals surface area contributed by atoms with Gasteiger partial charge in [-0.1, -0.05) is 144 Å². The molecule has 0 aliphatic carbocycles. The van der Waals surface area contributed by atoms with Gasteiger partial charge in [0.2, 0.25) is 6.71 Å². The van der Waals surface area contributed by atoms with E-state index in [1.807, 2.05) is 0 Å².